The number of hydrogen-bond donors (Lipinski definition) is 1. The second kappa shape index (κ2) is 8.10. The van der Waals surface area contributed by atoms with Crippen molar-refractivity contribution in [1.82, 2.24) is 14.6 Å². The molecule has 148 valence electrons. The fraction of sp³-hybridized carbons (Fsp3) is 0.182. The molecule has 0 aliphatic rings. The van der Waals surface area contributed by atoms with Crippen LogP contribution < -0.4 is 19.5 Å². The summed E-state index contributed by atoms with van der Waals surface area (Å²) in [5, 5.41) is 7.93. The Morgan fingerprint density at radius 3 is 2.45 bits per heavy atom. The smallest absolute Gasteiger partial charge is 0.241 e. The molecular weight excluding hydrogens is 368 g/mol. The number of anilines is 1. The molecule has 0 spiro atoms. The number of benzene rings is 2. The van der Waals surface area contributed by atoms with E-state index in [9.17, 15) is 0 Å². The average Bonchev–Trinajstić information content (AvgIpc) is 3.20. The molecule has 0 amide bonds. The third-order valence-electron chi connectivity index (χ3n) is 4.68. The molecule has 2 aromatic heterocycles. The highest BCUT2D eigenvalue weighted by molar-refractivity contribution is 5.71. The van der Waals surface area contributed by atoms with Gasteiger partial charge in [0.2, 0.25) is 5.95 Å². The summed E-state index contributed by atoms with van der Waals surface area (Å²) >= 11 is 0. The molecule has 2 heterocycles. The number of para-hydroxylation sites is 1. The van der Waals surface area contributed by atoms with E-state index in [1.165, 1.54) is 0 Å². The van der Waals surface area contributed by atoms with Crippen molar-refractivity contribution < 1.29 is 14.2 Å². The first-order chi connectivity index (χ1) is 14.2. The Balaban J connectivity index is 1.61. The van der Waals surface area contributed by atoms with E-state index in [0.29, 0.717) is 24.0 Å². The maximum Gasteiger partial charge on any atom is 0.241 e. The Kier molecular flexibility index (Phi) is 5.20. The number of hydrogen-bond acceptors (Lipinski definition) is 6. The number of aromatic nitrogens is 3. The molecule has 7 heteroatoms. The van der Waals surface area contributed by atoms with Gasteiger partial charge >= 0.3 is 0 Å². The minimum atomic E-state index is 0.527. The van der Waals surface area contributed by atoms with Crippen LogP contribution in [-0.4, -0.2) is 35.9 Å². The van der Waals surface area contributed by atoms with E-state index in [-0.39, 0.29) is 0 Å². The number of nitrogens with one attached hydrogen (secondary N) is 1. The van der Waals surface area contributed by atoms with Crippen LogP contribution in [0.5, 0.6) is 17.2 Å². The van der Waals surface area contributed by atoms with Crippen molar-refractivity contribution in [3.05, 3.63) is 66.4 Å². The van der Waals surface area contributed by atoms with Gasteiger partial charge in [-0.05, 0) is 42.0 Å². The van der Waals surface area contributed by atoms with Gasteiger partial charge in [0.05, 0.1) is 38.7 Å². The Hall–Kier alpha value is -3.74. The van der Waals surface area contributed by atoms with Gasteiger partial charge in [-0.1, -0.05) is 18.2 Å². The van der Waals surface area contributed by atoms with Crippen LogP contribution >= 0.6 is 0 Å². The number of fused-ring (bicyclic) bond motifs is 1. The lowest BCUT2D eigenvalue weighted by atomic mass is 10.1. The van der Waals surface area contributed by atoms with Crippen molar-refractivity contribution in [3.63, 3.8) is 0 Å². The zero-order valence-corrected chi connectivity index (χ0v) is 16.5. The molecule has 7 nitrogen and oxygen atoms in total. The van der Waals surface area contributed by atoms with E-state index >= 15 is 0 Å². The van der Waals surface area contributed by atoms with Crippen LogP contribution in [0.4, 0.5) is 5.95 Å². The van der Waals surface area contributed by atoms with Crippen molar-refractivity contribution >= 4 is 11.5 Å². The zero-order valence-electron chi connectivity index (χ0n) is 16.5. The summed E-state index contributed by atoms with van der Waals surface area (Å²) in [4.78, 5) is 4.42. The highest BCUT2D eigenvalue weighted by atomic mass is 16.5. The monoisotopic (exact) mass is 390 g/mol. The number of ether oxygens (including phenoxy) is 3. The Bertz CT molecular complexity index is 1140. The molecule has 0 fully saturated rings. The maximum absolute atomic E-state index is 5.50. The third kappa shape index (κ3) is 3.67. The summed E-state index contributed by atoms with van der Waals surface area (Å²) in [6, 6.07) is 17.7. The standard InChI is InChI=1S/C22H22N4O3/c1-27-19-7-5-4-6-17(19)18-10-9-16-14-24-22(25-26(16)18)23-13-15-8-11-20(28-2)21(12-15)29-3/h4-12,14H,13H2,1-3H3,(H,23,25). The summed E-state index contributed by atoms with van der Waals surface area (Å²) in [6.07, 6.45) is 1.79. The Morgan fingerprint density at radius 2 is 1.66 bits per heavy atom. The zero-order chi connectivity index (χ0) is 20.2. The molecule has 0 aliphatic heterocycles. The van der Waals surface area contributed by atoms with E-state index in [0.717, 1.165) is 28.1 Å². The first-order valence-corrected chi connectivity index (χ1v) is 9.16. The first-order valence-electron chi connectivity index (χ1n) is 9.16. The summed E-state index contributed by atoms with van der Waals surface area (Å²) < 4.78 is 18.0. The van der Waals surface area contributed by atoms with Crippen LogP contribution in [0.3, 0.4) is 0 Å². The summed E-state index contributed by atoms with van der Waals surface area (Å²) in [5.74, 6) is 2.71. The summed E-state index contributed by atoms with van der Waals surface area (Å²) in [6.45, 7) is 0.553. The van der Waals surface area contributed by atoms with E-state index in [1.54, 1.807) is 27.5 Å². The van der Waals surface area contributed by atoms with Gasteiger partial charge in [-0.25, -0.2) is 9.50 Å². The molecule has 4 rings (SSSR count). The minimum absolute atomic E-state index is 0.527. The van der Waals surface area contributed by atoms with Gasteiger partial charge in [-0.2, -0.15) is 0 Å². The SMILES string of the molecule is COc1ccc(CNc2ncc3ccc(-c4ccccc4OC)n3n2)cc1OC. The van der Waals surface area contributed by atoms with Crippen LogP contribution in [0.25, 0.3) is 16.8 Å². The molecular formula is C22H22N4O3. The van der Waals surface area contributed by atoms with Crippen molar-refractivity contribution in [2.75, 3.05) is 26.6 Å². The molecule has 1 N–H and O–H groups in total. The van der Waals surface area contributed by atoms with Gasteiger partial charge in [0, 0.05) is 12.1 Å². The van der Waals surface area contributed by atoms with Gasteiger partial charge in [0.15, 0.2) is 11.5 Å². The number of methoxy groups -OCH3 is 3. The highest BCUT2D eigenvalue weighted by Crippen LogP contribution is 2.31. The van der Waals surface area contributed by atoms with Crippen molar-refractivity contribution in [1.29, 1.82) is 0 Å². The Labute approximate surface area is 168 Å². The molecule has 0 atom stereocenters. The first kappa shape index (κ1) is 18.6. The molecule has 2 aromatic carbocycles. The molecule has 0 saturated heterocycles. The Morgan fingerprint density at radius 1 is 0.862 bits per heavy atom. The van der Waals surface area contributed by atoms with Crippen LogP contribution in [0.1, 0.15) is 5.56 Å². The predicted molar refractivity (Wildman–Crippen MR) is 112 cm³/mol. The fourth-order valence-corrected chi connectivity index (χ4v) is 3.21. The van der Waals surface area contributed by atoms with Gasteiger partial charge < -0.3 is 19.5 Å². The van der Waals surface area contributed by atoms with Crippen LogP contribution in [0, 0.1) is 0 Å². The second-order valence-corrected chi connectivity index (χ2v) is 6.38. The molecule has 4 aromatic rings. The van der Waals surface area contributed by atoms with Crippen molar-refractivity contribution in [3.8, 4) is 28.5 Å². The van der Waals surface area contributed by atoms with E-state index in [2.05, 4.69) is 15.4 Å². The summed E-state index contributed by atoms with van der Waals surface area (Å²) in [7, 11) is 4.91. The summed E-state index contributed by atoms with van der Waals surface area (Å²) in [5.41, 5.74) is 3.85. The predicted octanol–water partition coefficient (Wildman–Crippen LogP) is 4.03. The molecule has 0 aliphatic carbocycles. The highest BCUT2D eigenvalue weighted by Gasteiger charge is 2.12. The van der Waals surface area contributed by atoms with Crippen molar-refractivity contribution in [2.24, 2.45) is 0 Å². The van der Waals surface area contributed by atoms with Crippen LogP contribution in [-0.2, 0) is 6.54 Å². The lowest BCUT2D eigenvalue weighted by molar-refractivity contribution is 0.354. The van der Waals surface area contributed by atoms with Gasteiger partial charge in [-0.15, -0.1) is 5.10 Å². The molecule has 0 radical (unpaired) electrons. The fourth-order valence-electron chi connectivity index (χ4n) is 3.21. The van der Waals surface area contributed by atoms with Gasteiger partial charge in [-0.3, -0.25) is 0 Å². The normalized spacial score (nSPS) is 10.7. The average molecular weight is 390 g/mol. The van der Waals surface area contributed by atoms with E-state index in [4.69, 9.17) is 14.2 Å². The maximum atomic E-state index is 5.50. The van der Waals surface area contributed by atoms with E-state index < -0.39 is 0 Å². The lowest BCUT2D eigenvalue weighted by Crippen LogP contribution is -2.07. The molecule has 0 bridgehead atoms. The quantitative estimate of drug-likeness (QED) is 0.514. The van der Waals surface area contributed by atoms with Crippen molar-refractivity contribution in [2.45, 2.75) is 6.54 Å². The van der Waals surface area contributed by atoms with Crippen LogP contribution in [0.15, 0.2) is 60.8 Å². The minimum Gasteiger partial charge on any atom is -0.496 e. The topological polar surface area (TPSA) is 69.9 Å². The van der Waals surface area contributed by atoms with Gasteiger partial charge in [0.25, 0.3) is 0 Å². The third-order valence-corrected chi connectivity index (χ3v) is 4.68. The second-order valence-electron chi connectivity index (χ2n) is 6.38. The lowest BCUT2D eigenvalue weighted by Gasteiger charge is -2.11. The molecule has 0 saturated carbocycles. The van der Waals surface area contributed by atoms with Gasteiger partial charge in [0.1, 0.15) is 5.75 Å². The van der Waals surface area contributed by atoms with E-state index in [1.807, 2.05) is 59.1 Å². The number of nitrogens with zero attached hydrogens (tertiary/aromatic N) is 3. The number of rotatable bonds is 7. The van der Waals surface area contributed by atoms with Crippen LogP contribution in [0.2, 0.25) is 0 Å². The molecule has 29 heavy (non-hydrogen) atoms. The largest absolute Gasteiger partial charge is 0.496 e. The molecule has 0 unspecified atom stereocenters.